The van der Waals surface area contributed by atoms with E-state index in [0.29, 0.717) is 5.95 Å². The monoisotopic (exact) mass is 187 g/mol. The van der Waals surface area contributed by atoms with E-state index in [9.17, 15) is 0 Å². The average Bonchev–Trinajstić information content (AvgIpc) is 2.48. The normalized spacial score (nSPS) is 10.4. The van der Waals surface area contributed by atoms with Crippen molar-refractivity contribution in [3.8, 4) is 11.3 Å². The SMILES string of the molecule is Cc1cccc(-c2cnc(N)n2C)c1. The van der Waals surface area contributed by atoms with Gasteiger partial charge in [0, 0.05) is 12.6 Å². The lowest BCUT2D eigenvalue weighted by atomic mass is 10.1. The minimum Gasteiger partial charge on any atom is -0.369 e. The van der Waals surface area contributed by atoms with Gasteiger partial charge in [-0.2, -0.15) is 0 Å². The average molecular weight is 187 g/mol. The number of aryl methyl sites for hydroxylation is 1. The molecule has 0 aliphatic carbocycles. The van der Waals surface area contributed by atoms with Crippen molar-refractivity contribution in [1.29, 1.82) is 0 Å². The predicted octanol–water partition coefficient (Wildman–Crippen LogP) is 1.98. The van der Waals surface area contributed by atoms with E-state index in [-0.39, 0.29) is 0 Å². The molecule has 3 nitrogen and oxygen atoms in total. The van der Waals surface area contributed by atoms with Crippen molar-refractivity contribution in [2.75, 3.05) is 5.73 Å². The molecule has 0 unspecified atom stereocenters. The van der Waals surface area contributed by atoms with Crippen molar-refractivity contribution >= 4 is 5.95 Å². The van der Waals surface area contributed by atoms with Gasteiger partial charge < -0.3 is 10.3 Å². The number of nitrogens with two attached hydrogens (primary N) is 1. The van der Waals surface area contributed by atoms with Gasteiger partial charge in [0.2, 0.25) is 0 Å². The van der Waals surface area contributed by atoms with E-state index in [1.165, 1.54) is 5.56 Å². The lowest BCUT2D eigenvalue weighted by Gasteiger charge is -2.03. The molecule has 0 fully saturated rings. The Morgan fingerprint density at radius 1 is 1.36 bits per heavy atom. The van der Waals surface area contributed by atoms with Crippen LogP contribution in [0.2, 0.25) is 0 Å². The summed E-state index contributed by atoms with van der Waals surface area (Å²) in [4.78, 5) is 4.06. The van der Waals surface area contributed by atoms with E-state index >= 15 is 0 Å². The standard InChI is InChI=1S/C11H13N3/c1-8-4-3-5-9(6-8)10-7-13-11(12)14(10)2/h3-7H,1-2H3,(H2,12,13). The van der Waals surface area contributed by atoms with Crippen LogP contribution in [-0.4, -0.2) is 9.55 Å². The Hall–Kier alpha value is -1.77. The summed E-state index contributed by atoms with van der Waals surface area (Å²) in [5.74, 6) is 0.543. The molecular weight excluding hydrogens is 174 g/mol. The summed E-state index contributed by atoms with van der Waals surface area (Å²) in [6.45, 7) is 2.07. The van der Waals surface area contributed by atoms with Crippen LogP contribution in [0.1, 0.15) is 5.56 Å². The molecule has 0 aliphatic rings. The van der Waals surface area contributed by atoms with Gasteiger partial charge in [0.15, 0.2) is 5.95 Å². The van der Waals surface area contributed by atoms with Gasteiger partial charge in [-0.15, -0.1) is 0 Å². The summed E-state index contributed by atoms with van der Waals surface area (Å²) in [5.41, 5.74) is 9.10. The molecule has 1 aromatic heterocycles. The molecule has 2 aromatic rings. The molecule has 1 aromatic carbocycles. The summed E-state index contributed by atoms with van der Waals surface area (Å²) >= 11 is 0. The molecule has 0 saturated carbocycles. The third kappa shape index (κ3) is 1.37. The molecule has 0 radical (unpaired) electrons. The first-order valence-corrected chi connectivity index (χ1v) is 4.52. The summed E-state index contributed by atoms with van der Waals surface area (Å²) in [7, 11) is 1.92. The smallest absolute Gasteiger partial charge is 0.200 e. The number of benzene rings is 1. The molecular formula is C11H13N3. The van der Waals surface area contributed by atoms with Gasteiger partial charge in [0.1, 0.15) is 0 Å². The minimum absolute atomic E-state index is 0.543. The molecule has 0 bridgehead atoms. The van der Waals surface area contributed by atoms with Crippen LogP contribution in [0.3, 0.4) is 0 Å². The minimum atomic E-state index is 0.543. The van der Waals surface area contributed by atoms with Crippen LogP contribution < -0.4 is 5.73 Å². The molecule has 2 rings (SSSR count). The second-order valence-corrected chi connectivity index (χ2v) is 3.43. The largest absolute Gasteiger partial charge is 0.369 e. The van der Waals surface area contributed by atoms with E-state index in [4.69, 9.17) is 5.73 Å². The molecule has 1 heterocycles. The first-order valence-electron chi connectivity index (χ1n) is 4.52. The second-order valence-electron chi connectivity index (χ2n) is 3.43. The molecule has 0 amide bonds. The van der Waals surface area contributed by atoms with Crippen LogP contribution in [0.15, 0.2) is 30.5 Å². The zero-order chi connectivity index (χ0) is 10.1. The lowest BCUT2D eigenvalue weighted by molar-refractivity contribution is 0.938. The van der Waals surface area contributed by atoms with Crippen LogP contribution in [0, 0.1) is 6.92 Å². The number of hydrogen-bond acceptors (Lipinski definition) is 2. The fourth-order valence-electron chi connectivity index (χ4n) is 1.50. The molecule has 0 aliphatic heterocycles. The number of nitrogens with zero attached hydrogens (tertiary/aromatic N) is 2. The van der Waals surface area contributed by atoms with E-state index in [2.05, 4.69) is 30.1 Å². The number of nitrogen functional groups attached to an aromatic ring is 1. The van der Waals surface area contributed by atoms with E-state index < -0.39 is 0 Å². The zero-order valence-corrected chi connectivity index (χ0v) is 8.36. The first-order chi connectivity index (χ1) is 6.68. The Kier molecular flexibility index (Phi) is 2.00. The van der Waals surface area contributed by atoms with E-state index in [1.54, 1.807) is 6.20 Å². The Bertz CT molecular complexity index is 457. The number of rotatable bonds is 1. The highest BCUT2D eigenvalue weighted by Gasteiger charge is 2.05. The Balaban J connectivity index is 2.55. The predicted molar refractivity (Wildman–Crippen MR) is 57.8 cm³/mol. The molecule has 0 atom stereocenters. The van der Waals surface area contributed by atoms with Gasteiger partial charge in [0.25, 0.3) is 0 Å². The van der Waals surface area contributed by atoms with E-state index in [1.807, 2.05) is 17.7 Å². The van der Waals surface area contributed by atoms with Gasteiger partial charge in [-0.25, -0.2) is 4.98 Å². The van der Waals surface area contributed by atoms with Crippen LogP contribution in [0.4, 0.5) is 5.95 Å². The fourth-order valence-corrected chi connectivity index (χ4v) is 1.50. The first kappa shape index (κ1) is 8.81. The molecule has 14 heavy (non-hydrogen) atoms. The van der Waals surface area contributed by atoms with Crippen LogP contribution in [0.25, 0.3) is 11.3 Å². The maximum Gasteiger partial charge on any atom is 0.200 e. The zero-order valence-electron chi connectivity index (χ0n) is 8.36. The maximum absolute atomic E-state index is 5.67. The van der Waals surface area contributed by atoms with Crippen LogP contribution in [0.5, 0.6) is 0 Å². The summed E-state index contributed by atoms with van der Waals surface area (Å²) in [6.07, 6.45) is 1.80. The van der Waals surface area contributed by atoms with Gasteiger partial charge in [-0.3, -0.25) is 0 Å². The number of imidazole rings is 1. The Morgan fingerprint density at radius 2 is 2.14 bits per heavy atom. The highest BCUT2D eigenvalue weighted by molar-refractivity contribution is 5.61. The molecule has 0 spiro atoms. The summed E-state index contributed by atoms with van der Waals surface area (Å²) in [5, 5.41) is 0. The van der Waals surface area contributed by atoms with Crippen LogP contribution in [-0.2, 0) is 7.05 Å². The topological polar surface area (TPSA) is 43.8 Å². The lowest BCUT2D eigenvalue weighted by Crippen LogP contribution is -1.98. The van der Waals surface area contributed by atoms with Crippen molar-refractivity contribution in [2.24, 2.45) is 7.05 Å². The van der Waals surface area contributed by atoms with Crippen molar-refractivity contribution in [3.05, 3.63) is 36.0 Å². The Labute approximate surface area is 83.2 Å². The Morgan fingerprint density at radius 3 is 2.71 bits per heavy atom. The van der Waals surface area contributed by atoms with E-state index in [0.717, 1.165) is 11.3 Å². The fraction of sp³-hybridized carbons (Fsp3) is 0.182. The van der Waals surface area contributed by atoms with Crippen molar-refractivity contribution in [3.63, 3.8) is 0 Å². The van der Waals surface area contributed by atoms with Gasteiger partial charge in [-0.1, -0.05) is 23.8 Å². The highest BCUT2D eigenvalue weighted by Crippen LogP contribution is 2.21. The summed E-state index contributed by atoms with van der Waals surface area (Å²) in [6, 6.07) is 8.29. The van der Waals surface area contributed by atoms with Crippen molar-refractivity contribution < 1.29 is 0 Å². The quantitative estimate of drug-likeness (QED) is 0.741. The molecule has 3 heteroatoms. The van der Waals surface area contributed by atoms with Gasteiger partial charge in [0.05, 0.1) is 11.9 Å². The second kappa shape index (κ2) is 3.18. The third-order valence-corrected chi connectivity index (χ3v) is 2.34. The number of anilines is 1. The number of hydrogen-bond donors (Lipinski definition) is 1. The van der Waals surface area contributed by atoms with Gasteiger partial charge in [-0.05, 0) is 13.0 Å². The van der Waals surface area contributed by atoms with Crippen LogP contribution >= 0.6 is 0 Å². The molecule has 72 valence electrons. The number of aromatic nitrogens is 2. The van der Waals surface area contributed by atoms with Crippen molar-refractivity contribution in [2.45, 2.75) is 6.92 Å². The maximum atomic E-state index is 5.67. The molecule has 2 N–H and O–H groups in total. The third-order valence-electron chi connectivity index (χ3n) is 2.34. The highest BCUT2D eigenvalue weighted by atomic mass is 15.1. The van der Waals surface area contributed by atoms with Crippen molar-refractivity contribution in [1.82, 2.24) is 9.55 Å². The molecule has 0 saturated heterocycles. The summed E-state index contributed by atoms with van der Waals surface area (Å²) < 4.78 is 1.88. The van der Waals surface area contributed by atoms with Gasteiger partial charge >= 0.3 is 0 Å².